The van der Waals surface area contributed by atoms with Crippen LogP contribution in [0.2, 0.25) is 0 Å². The van der Waals surface area contributed by atoms with Gasteiger partial charge in [-0.05, 0) is 63.5 Å². The lowest BCUT2D eigenvalue weighted by Gasteiger charge is -2.22. The number of anilines is 1. The van der Waals surface area contributed by atoms with Crippen molar-refractivity contribution in [3.8, 4) is 0 Å². The first-order valence-electron chi connectivity index (χ1n) is 8.38. The van der Waals surface area contributed by atoms with E-state index < -0.39 is 0 Å². The molecule has 0 amide bonds. The third-order valence-electron chi connectivity index (χ3n) is 5.27. The minimum atomic E-state index is -0.158. The molecule has 0 bridgehead atoms. The zero-order valence-electron chi connectivity index (χ0n) is 13.4. The van der Waals surface area contributed by atoms with Crippen molar-refractivity contribution in [1.29, 1.82) is 0 Å². The van der Waals surface area contributed by atoms with E-state index in [4.69, 9.17) is 5.73 Å². The van der Waals surface area contributed by atoms with Gasteiger partial charge in [0.2, 0.25) is 0 Å². The number of carbonyl (C=O) groups is 1. The number of thiol groups is 1. The molecule has 0 fully saturated rings. The Morgan fingerprint density at radius 2 is 2.09 bits per heavy atom. The van der Waals surface area contributed by atoms with E-state index in [2.05, 4.69) is 24.0 Å². The first-order valence-corrected chi connectivity index (χ1v) is 8.78. The molecule has 2 aromatic heterocycles. The van der Waals surface area contributed by atoms with Crippen LogP contribution in [-0.4, -0.2) is 19.7 Å². The van der Waals surface area contributed by atoms with Gasteiger partial charge in [-0.3, -0.25) is 8.77 Å². The van der Waals surface area contributed by atoms with Gasteiger partial charge in [-0.2, -0.15) is 9.78 Å². The number of aryl methyl sites for hydroxylation is 2. The number of rotatable bonds is 1. The van der Waals surface area contributed by atoms with E-state index in [1.165, 1.54) is 4.68 Å². The van der Waals surface area contributed by atoms with Crippen molar-refractivity contribution in [1.82, 2.24) is 13.8 Å². The van der Waals surface area contributed by atoms with Gasteiger partial charge in [-0.15, -0.1) is 0 Å². The molecular weight excluding hydrogens is 308 g/mol. The maximum Gasteiger partial charge on any atom is 0.256 e. The molecule has 4 rings (SSSR count). The van der Waals surface area contributed by atoms with Gasteiger partial charge >= 0.3 is 0 Å². The van der Waals surface area contributed by atoms with E-state index in [-0.39, 0.29) is 11.8 Å². The average molecular weight is 330 g/mol. The minimum Gasteiger partial charge on any atom is -0.383 e. The molecule has 0 aromatic carbocycles. The van der Waals surface area contributed by atoms with Crippen molar-refractivity contribution in [3.63, 3.8) is 0 Å². The number of carbonyl (C=O) groups excluding carboxylic acids is 1. The molecule has 2 aliphatic rings. The standard InChI is InChI=1S/C17H22N4OS/c1-10-9-13-11(6-4-8-15(13)21(10)23)17(22)20-16(18)12-5-2-3-7-14(12)19-20/h9,11,23H,2-8,18H2,1H3. The molecule has 1 unspecified atom stereocenters. The summed E-state index contributed by atoms with van der Waals surface area (Å²) in [4.78, 5) is 13.1. The summed E-state index contributed by atoms with van der Waals surface area (Å²) in [5, 5.41) is 4.54. The average Bonchev–Trinajstić information content (AvgIpc) is 3.05. The maximum absolute atomic E-state index is 13.1. The lowest BCUT2D eigenvalue weighted by atomic mass is 9.86. The van der Waals surface area contributed by atoms with E-state index in [0.717, 1.165) is 73.2 Å². The Morgan fingerprint density at radius 3 is 2.87 bits per heavy atom. The predicted octanol–water partition coefficient (Wildman–Crippen LogP) is 2.91. The van der Waals surface area contributed by atoms with Crippen LogP contribution < -0.4 is 5.73 Å². The van der Waals surface area contributed by atoms with Gasteiger partial charge in [-0.25, -0.2) is 0 Å². The normalized spacial score (nSPS) is 20.2. The molecule has 6 heteroatoms. The highest BCUT2D eigenvalue weighted by Crippen LogP contribution is 2.36. The number of nitrogens with two attached hydrogens (primary N) is 1. The highest BCUT2D eigenvalue weighted by atomic mass is 32.1. The van der Waals surface area contributed by atoms with Crippen molar-refractivity contribution in [2.75, 3.05) is 5.73 Å². The highest BCUT2D eigenvalue weighted by molar-refractivity contribution is 7.78. The molecule has 2 N–H and O–H groups in total. The number of hydrogen-bond donors (Lipinski definition) is 2. The second-order valence-electron chi connectivity index (χ2n) is 6.71. The van der Waals surface area contributed by atoms with Gasteiger partial charge in [0.05, 0.1) is 11.6 Å². The molecule has 2 heterocycles. The van der Waals surface area contributed by atoms with Crippen LogP contribution in [0.3, 0.4) is 0 Å². The van der Waals surface area contributed by atoms with Crippen molar-refractivity contribution in [2.45, 2.75) is 57.8 Å². The second kappa shape index (κ2) is 5.44. The molecular formula is C17H22N4OS. The molecule has 0 saturated carbocycles. The Kier molecular flexibility index (Phi) is 3.52. The summed E-state index contributed by atoms with van der Waals surface area (Å²) in [6.45, 7) is 2.02. The third kappa shape index (κ3) is 2.23. The number of hydrogen-bond acceptors (Lipinski definition) is 4. The third-order valence-corrected chi connectivity index (χ3v) is 5.83. The largest absolute Gasteiger partial charge is 0.383 e. The van der Waals surface area contributed by atoms with Crippen LogP contribution in [0.15, 0.2) is 6.07 Å². The second-order valence-corrected chi connectivity index (χ2v) is 7.11. The fraction of sp³-hybridized carbons (Fsp3) is 0.529. The van der Waals surface area contributed by atoms with Crippen LogP contribution in [0, 0.1) is 6.92 Å². The van der Waals surface area contributed by atoms with E-state index in [1.54, 1.807) is 0 Å². The monoisotopic (exact) mass is 330 g/mol. The quantitative estimate of drug-likeness (QED) is 0.790. The van der Waals surface area contributed by atoms with E-state index >= 15 is 0 Å². The zero-order valence-corrected chi connectivity index (χ0v) is 14.3. The molecule has 122 valence electrons. The van der Waals surface area contributed by atoms with Crippen molar-refractivity contribution < 1.29 is 4.79 Å². The lowest BCUT2D eigenvalue weighted by molar-refractivity contribution is 0.0854. The highest BCUT2D eigenvalue weighted by Gasteiger charge is 2.33. The van der Waals surface area contributed by atoms with Crippen LogP contribution in [0.4, 0.5) is 5.82 Å². The molecule has 0 saturated heterocycles. The molecule has 0 spiro atoms. The van der Waals surface area contributed by atoms with Gasteiger partial charge in [-0.1, -0.05) is 12.8 Å². The number of fused-ring (bicyclic) bond motifs is 2. The molecule has 2 aliphatic carbocycles. The Hall–Kier alpha value is -1.69. The van der Waals surface area contributed by atoms with Crippen LogP contribution in [-0.2, 0) is 19.3 Å². The van der Waals surface area contributed by atoms with Gasteiger partial charge in [0.25, 0.3) is 5.91 Å². The summed E-state index contributed by atoms with van der Waals surface area (Å²) in [5.41, 5.74) is 11.7. The van der Waals surface area contributed by atoms with Crippen molar-refractivity contribution >= 4 is 24.5 Å². The van der Waals surface area contributed by atoms with Gasteiger partial charge in [0.1, 0.15) is 5.82 Å². The molecule has 1 atom stereocenters. The van der Waals surface area contributed by atoms with E-state index in [9.17, 15) is 4.79 Å². The number of aromatic nitrogens is 3. The van der Waals surface area contributed by atoms with Crippen LogP contribution in [0.25, 0.3) is 0 Å². The minimum absolute atomic E-state index is 0.0109. The first kappa shape index (κ1) is 14.9. The number of nitrogens with zero attached hydrogens (tertiary/aromatic N) is 3. The first-order chi connectivity index (χ1) is 11.1. The predicted molar refractivity (Wildman–Crippen MR) is 93.1 cm³/mol. The molecule has 2 aromatic rings. The zero-order chi connectivity index (χ0) is 16.1. The van der Waals surface area contributed by atoms with E-state index in [1.807, 2.05) is 10.9 Å². The summed E-state index contributed by atoms with van der Waals surface area (Å²) in [6.07, 6.45) is 6.96. The topological polar surface area (TPSA) is 65.8 Å². The van der Waals surface area contributed by atoms with Crippen LogP contribution in [0.5, 0.6) is 0 Å². The molecule has 0 radical (unpaired) electrons. The van der Waals surface area contributed by atoms with E-state index in [0.29, 0.717) is 5.82 Å². The Balaban J connectivity index is 1.74. The van der Waals surface area contributed by atoms with Crippen molar-refractivity contribution in [3.05, 3.63) is 34.3 Å². The lowest BCUT2D eigenvalue weighted by Crippen LogP contribution is -2.25. The van der Waals surface area contributed by atoms with Gasteiger partial charge in [0, 0.05) is 17.0 Å². The van der Waals surface area contributed by atoms with Crippen LogP contribution >= 0.6 is 12.8 Å². The Bertz CT molecular complexity index is 789. The molecule has 0 aliphatic heterocycles. The molecule has 5 nitrogen and oxygen atoms in total. The summed E-state index contributed by atoms with van der Waals surface area (Å²) in [5.74, 6) is 0.408. The Morgan fingerprint density at radius 1 is 1.30 bits per heavy atom. The maximum atomic E-state index is 13.1. The fourth-order valence-corrected chi connectivity index (χ4v) is 4.31. The van der Waals surface area contributed by atoms with Gasteiger partial charge in [0.15, 0.2) is 0 Å². The summed E-state index contributed by atoms with van der Waals surface area (Å²) >= 11 is 4.53. The SMILES string of the molecule is Cc1cc2c(n1S)CCCC2C(=O)n1nc2c(c1N)CCCC2. The Labute approximate surface area is 141 Å². The summed E-state index contributed by atoms with van der Waals surface area (Å²) < 4.78 is 3.38. The van der Waals surface area contributed by atoms with Crippen molar-refractivity contribution in [2.24, 2.45) is 0 Å². The van der Waals surface area contributed by atoms with Crippen LogP contribution in [0.1, 0.15) is 64.6 Å². The fourth-order valence-electron chi connectivity index (χ4n) is 4.04. The smallest absolute Gasteiger partial charge is 0.256 e. The summed E-state index contributed by atoms with van der Waals surface area (Å²) in [6, 6.07) is 2.09. The number of nitrogen functional groups attached to an aromatic ring is 1. The van der Waals surface area contributed by atoms with Gasteiger partial charge < -0.3 is 5.73 Å². The summed E-state index contributed by atoms with van der Waals surface area (Å²) in [7, 11) is 0. The molecule has 23 heavy (non-hydrogen) atoms.